The van der Waals surface area contributed by atoms with E-state index in [-0.39, 0.29) is 30.8 Å². The first-order chi connectivity index (χ1) is 17.3. The van der Waals surface area contributed by atoms with E-state index in [0.717, 1.165) is 50.0 Å². The van der Waals surface area contributed by atoms with Crippen molar-refractivity contribution in [2.75, 3.05) is 7.05 Å². The molecule has 3 saturated carbocycles. The largest absolute Gasteiger partial charge is 0.488 e. The lowest BCUT2D eigenvalue weighted by Crippen LogP contribution is -2.36. The molecule has 10 heteroatoms. The summed E-state index contributed by atoms with van der Waals surface area (Å²) >= 11 is 0. The van der Waals surface area contributed by atoms with Crippen molar-refractivity contribution in [2.24, 2.45) is 18.9 Å². The van der Waals surface area contributed by atoms with Crippen molar-refractivity contribution in [3.8, 4) is 17.1 Å². The van der Waals surface area contributed by atoms with Crippen molar-refractivity contribution in [2.45, 2.75) is 83.0 Å². The van der Waals surface area contributed by atoms with Crippen LogP contribution in [0.5, 0.6) is 5.75 Å². The fourth-order valence-electron chi connectivity index (χ4n) is 5.03. The van der Waals surface area contributed by atoms with Crippen molar-refractivity contribution < 1.29 is 24.2 Å². The Morgan fingerprint density at radius 2 is 1.97 bits per heavy atom. The minimum Gasteiger partial charge on any atom is -0.488 e. The zero-order valence-electron chi connectivity index (χ0n) is 21.2. The van der Waals surface area contributed by atoms with E-state index in [2.05, 4.69) is 17.2 Å². The third kappa shape index (κ3) is 5.32. The number of carboxylic acids is 1. The summed E-state index contributed by atoms with van der Waals surface area (Å²) in [5.74, 6) is 0.518. The van der Waals surface area contributed by atoms with Gasteiger partial charge in [-0.25, -0.2) is 14.5 Å². The number of pyridine rings is 1. The second kappa shape index (κ2) is 10.1. The van der Waals surface area contributed by atoms with Gasteiger partial charge in [-0.3, -0.25) is 4.79 Å². The topological polar surface area (TPSA) is 120 Å². The van der Waals surface area contributed by atoms with Crippen LogP contribution in [0.15, 0.2) is 12.1 Å². The fourth-order valence-corrected chi connectivity index (χ4v) is 5.03. The number of amides is 1. The van der Waals surface area contributed by atoms with E-state index < -0.39 is 5.97 Å². The smallest absolute Gasteiger partial charge is 0.410 e. The number of aryl methyl sites for hydroxylation is 1. The van der Waals surface area contributed by atoms with Gasteiger partial charge in [-0.05, 0) is 76.3 Å². The summed E-state index contributed by atoms with van der Waals surface area (Å²) in [5.41, 5.74) is 2.81. The molecule has 0 radical (unpaired) electrons. The molecule has 36 heavy (non-hydrogen) atoms. The van der Waals surface area contributed by atoms with Gasteiger partial charge in [0.1, 0.15) is 23.7 Å². The van der Waals surface area contributed by atoms with Gasteiger partial charge in [0.2, 0.25) is 0 Å². The summed E-state index contributed by atoms with van der Waals surface area (Å²) in [5, 5.41) is 17.9. The molecule has 3 fully saturated rings. The lowest BCUT2D eigenvalue weighted by molar-refractivity contribution is -0.143. The summed E-state index contributed by atoms with van der Waals surface area (Å²) in [6.07, 6.45) is 6.86. The summed E-state index contributed by atoms with van der Waals surface area (Å²) in [6.45, 7) is 2.11. The Labute approximate surface area is 211 Å². The van der Waals surface area contributed by atoms with Gasteiger partial charge >= 0.3 is 12.1 Å². The van der Waals surface area contributed by atoms with Crippen molar-refractivity contribution >= 4 is 12.1 Å². The van der Waals surface area contributed by atoms with E-state index in [1.807, 2.05) is 12.1 Å². The molecule has 0 bridgehead atoms. The fraction of sp³-hybridized carbons (Fsp3) is 0.654. The zero-order valence-corrected chi connectivity index (χ0v) is 21.2. The third-order valence-corrected chi connectivity index (χ3v) is 7.84. The van der Waals surface area contributed by atoms with Gasteiger partial charge in [-0.1, -0.05) is 5.21 Å². The van der Waals surface area contributed by atoms with Crippen LogP contribution in [0, 0.1) is 11.8 Å². The normalized spacial score (nSPS) is 22.6. The number of carboxylic acid groups (broad SMARTS) is 1. The molecule has 3 atom stereocenters. The third-order valence-electron chi connectivity index (χ3n) is 7.84. The molecular formula is C26H35N5O5. The highest BCUT2D eigenvalue weighted by Crippen LogP contribution is 2.45. The number of hydrogen-bond donors (Lipinski definition) is 1. The molecule has 0 spiro atoms. The Balaban J connectivity index is 1.31. The molecule has 0 unspecified atom stereocenters. The number of aliphatic carboxylic acids is 1. The van der Waals surface area contributed by atoms with Crippen LogP contribution in [-0.4, -0.2) is 61.2 Å². The van der Waals surface area contributed by atoms with Gasteiger partial charge in [-0.2, -0.15) is 0 Å². The molecule has 1 N–H and O–H groups in total. The van der Waals surface area contributed by atoms with Crippen LogP contribution in [0.1, 0.15) is 75.6 Å². The van der Waals surface area contributed by atoms with Crippen molar-refractivity contribution in [1.82, 2.24) is 24.9 Å². The molecule has 3 aliphatic carbocycles. The van der Waals surface area contributed by atoms with E-state index in [1.165, 1.54) is 0 Å². The van der Waals surface area contributed by atoms with E-state index in [4.69, 9.17) is 14.5 Å². The Kier molecular flexibility index (Phi) is 6.85. The van der Waals surface area contributed by atoms with Crippen LogP contribution in [-0.2, 0) is 23.2 Å². The van der Waals surface area contributed by atoms with Gasteiger partial charge in [0.25, 0.3) is 0 Å². The molecule has 2 aromatic rings. The number of carbonyl (C=O) groups excluding carboxylic acids is 1. The number of carbonyl (C=O) groups is 2. The van der Waals surface area contributed by atoms with Crippen molar-refractivity contribution in [3.63, 3.8) is 0 Å². The highest BCUT2D eigenvalue weighted by molar-refractivity contribution is 5.70. The Bertz CT molecular complexity index is 1130. The lowest BCUT2D eigenvalue weighted by atomic mass is 9.87. The van der Waals surface area contributed by atoms with Crippen LogP contribution in [0.4, 0.5) is 4.79 Å². The first kappa shape index (κ1) is 24.5. The summed E-state index contributed by atoms with van der Waals surface area (Å²) in [6, 6.07) is 3.93. The van der Waals surface area contributed by atoms with Gasteiger partial charge in [0, 0.05) is 26.1 Å². The number of ether oxygens (including phenoxy) is 2. The quantitative estimate of drug-likeness (QED) is 0.549. The minimum atomic E-state index is -0.747. The maximum atomic E-state index is 12.6. The molecule has 194 valence electrons. The second-order valence-corrected chi connectivity index (χ2v) is 10.5. The molecule has 5 rings (SSSR count). The van der Waals surface area contributed by atoms with Crippen molar-refractivity contribution in [3.05, 3.63) is 23.5 Å². The predicted octanol–water partition coefficient (Wildman–Crippen LogP) is 4.14. The highest BCUT2D eigenvalue weighted by atomic mass is 16.6. The molecule has 2 aromatic heterocycles. The lowest BCUT2D eigenvalue weighted by Gasteiger charge is -2.28. The average Bonchev–Trinajstić information content (AvgIpc) is 3.80. The van der Waals surface area contributed by atoms with Gasteiger partial charge in [0.05, 0.1) is 23.4 Å². The van der Waals surface area contributed by atoms with Gasteiger partial charge < -0.3 is 19.5 Å². The number of nitrogens with zero attached hydrogens (tertiary/aromatic N) is 5. The molecule has 0 aliphatic heterocycles. The molecule has 10 nitrogen and oxygen atoms in total. The van der Waals surface area contributed by atoms with Crippen LogP contribution in [0.2, 0.25) is 0 Å². The average molecular weight is 498 g/mol. The SMILES string of the molecule is C[C@H](C1CC1)N(C)C(=O)OCc1c(-c2ccc(O[C@H]3CCC[C@H](C(=O)O)C3)c(C3CC3)n2)nnn1C. The van der Waals surface area contributed by atoms with Crippen LogP contribution >= 0.6 is 0 Å². The first-order valence-corrected chi connectivity index (χ1v) is 13.0. The molecular weight excluding hydrogens is 462 g/mol. The molecule has 2 heterocycles. The molecule has 1 amide bonds. The standard InChI is InChI=1S/C26H35N5O5/c1-15(16-7-8-16)30(2)26(34)35-14-21-24(28-29-31(21)3)20-11-12-22(23(27-20)17-9-10-17)36-19-6-4-5-18(13-19)25(32)33/h11-12,15-19H,4-10,13-14H2,1-3H3,(H,32,33)/t15-,18+,19+/m1/s1. The first-order valence-electron chi connectivity index (χ1n) is 13.0. The number of rotatable bonds is 9. The molecule has 0 saturated heterocycles. The van der Waals surface area contributed by atoms with Crippen LogP contribution in [0.25, 0.3) is 11.4 Å². The highest BCUT2D eigenvalue weighted by Gasteiger charge is 2.34. The Morgan fingerprint density at radius 1 is 1.19 bits per heavy atom. The van der Waals surface area contributed by atoms with Crippen LogP contribution < -0.4 is 4.74 Å². The molecule has 0 aromatic carbocycles. The predicted molar refractivity (Wildman–Crippen MR) is 130 cm³/mol. The number of hydrogen-bond acceptors (Lipinski definition) is 7. The van der Waals surface area contributed by atoms with Crippen molar-refractivity contribution in [1.29, 1.82) is 0 Å². The molecule has 3 aliphatic rings. The zero-order chi connectivity index (χ0) is 25.4. The Morgan fingerprint density at radius 3 is 2.67 bits per heavy atom. The van der Waals surface area contributed by atoms with Gasteiger partial charge in [0.15, 0.2) is 0 Å². The van der Waals surface area contributed by atoms with E-state index in [9.17, 15) is 14.7 Å². The Hall–Kier alpha value is -3.17. The van der Waals surface area contributed by atoms with E-state index in [1.54, 1.807) is 23.7 Å². The summed E-state index contributed by atoms with van der Waals surface area (Å²) in [4.78, 5) is 30.6. The maximum absolute atomic E-state index is 12.6. The number of aromatic nitrogens is 4. The monoisotopic (exact) mass is 497 g/mol. The van der Waals surface area contributed by atoms with Gasteiger partial charge in [-0.15, -0.1) is 5.10 Å². The van der Waals surface area contributed by atoms with E-state index in [0.29, 0.717) is 41.8 Å². The summed E-state index contributed by atoms with van der Waals surface area (Å²) < 4.78 is 13.5. The minimum absolute atomic E-state index is 0.0523. The van der Waals surface area contributed by atoms with E-state index >= 15 is 0 Å². The maximum Gasteiger partial charge on any atom is 0.410 e. The second-order valence-electron chi connectivity index (χ2n) is 10.5. The summed E-state index contributed by atoms with van der Waals surface area (Å²) in [7, 11) is 3.55. The van der Waals surface area contributed by atoms with Crippen LogP contribution in [0.3, 0.4) is 0 Å².